The van der Waals surface area contributed by atoms with Crippen molar-refractivity contribution in [3.8, 4) is 23.0 Å². The zero-order valence-electron chi connectivity index (χ0n) is 45.8. The molecule has 420 valence electrons. The summed E-state index contributed by atoms with van der Waals surface area (Å²) in [4.78, 5) is 109. The molecular formula is C62H65N7O12. The molecule has 0 fully saturated rings. The van der Waals surface area contributed by atoms with Crippen molar-refractivity contribution in [1.29, 1.82) is 0 Å². The van der Waals surface area contributed by atoms with Gasteiger partial charge in [0.2, 0.25) is 17.7 Å². The van der Waals surface area contributed by atoms with E-state index in [1.165, 1.54) is 40.2 Å². The monoisotopic (exact) mass is 1100 g/mol. The molecule has 4 atom stereocenters. The maximum absolute atomic E-state index is 14.2. The molecule has 0 radical (unpaired) electrons. The van der Waals surface area contributed by atoms with Crippen LogP contribution in [-0.2, 0) is 61.2 Å². The molecule has 5 heterocycles. The van der Waals surface area contributed by atoms with E-state index in [1.54, 1.807) is 30.3 Å². The summed E-state index contributed by atoms with van der Waals surface area (Å²) in [5.41, 5.74) is 8.20. The fourth-order valence-electron chi connectivity index (χ4n) is 11.3. The van der Waals surface area contributed by atoms with Crippen LogP contribution >= 0.6 is 0 Å². The van der Waals surface area contributed by atoms with Crippen LogP contribution in [0.2, 0.25) is 0 Å². The summed E-state index contributed by atoms with van der Waals surface area (Å²) in [5, 5.41) is 11.7. The summed E-state index contributed by atoms with van der Waals surface area (Å²) >= 11 is 0. The summed E-state index contributed by atoms with van der Waals surface area (Å²) in [6, 6.07) is 26.3. The van der Waals surface area contributed by atoms with E-state index >= 15 is 0 Å². The molecule has 5 aliphatic rings. The SMILES string of the molecule is COc1cc2c(cc1OCc1cc(COc3cc4c(cc3OC)C(=O)N3c5ccccc5C[C@H]3CN4)cc(NC(=O)[C@H](C)NC(=O)[C@H](C)NC(=O)CCCCC(=O)CCCN3C(=O)C=CC3=O)c1)CC[C@@H]1Cc3ccccc3N1C2=O. The lowest BCUT2D eigenvalue weighted by Crippen LogP contribution is -2.50. The van der Waals surface area contributed by atoms with Crippen molar-refractivity contribution in [1.82, 2.24) is 15.5 Å². The standard InChI is InChI=1S/C62H65N7O12/c1-36(64-56(71)18-10-7-14-46(70)15-11-23-67-57(72)21-22-58(67)73)59(74)65-37(2)60(75)66-43-25-38(34-80-54-29-40-19-20-44-27-41-12-5-8-16-50(41)68(44)61(76)47(40)30-52(54)78-3)24-39(26-43)35-81-55-32-49-48(31-53(55)79-4)62(77)69-45(33-63-49)28-42-13-6-9-17-51(42)69/h5-6,8-9,12-13,16-17,21-22,24-26,29-32,36-37,44-45,63H,7,10-11,14-15,18-20,23,27-28,33-35H2,1-4H3,(H,64,71)(H,65,74)(H,66,75)/t36-,37-,44+,45-/m0/s1. The number of methoxy groups -OCH3 is 2. The molecule has 0 spiro atoms. The van der Waals surface area contributed by atoms with Crippen LogP contribution < -0.4 is 50.0 Å². The topological polar surface area (TPSA) is 231 Å². The number of nitrogens with zero attached hydrogens (tertiary/aromatic N) is 3. The minimum atomic E-state index is -1.04. The molecule has 0 unspecified atom stereocenters. The minimum absolute atomic E-state index is 0.00386. The van der Waals surface area contributed by atoms with Gasteiger partial charge in [-0.25, -0.2) is 0 Å². The smallest absolute Gasteiger partial charge is 0.260 e. The van der Waals surface area contributed by atoms with Gasteiger partial charge in [0.1, 0.15) is 31.1 Å². The Bertz CT molecular complexity index is 3200. The van der Waals surface area contributed by atoms with Crippen LogP contribution in [0, 0.1) is 0 Å². The Balaban J connectivity index is 0.802. The van der Waals surface area contributed by atoms with Crippen LogP contribution in [0.25, 0.3) is 0 Å². The molecule has 0 saturated heterocycles. The number of amides is 7. The molecule has 4 N–H and O–H groups in total. The number of carbonyl (C=O) groups excluding carboxylic acids is 8. The molecule has 5 aliphatic heterocycles. The number of hydrogen-bond acceptors (Lipinski definition) is 13. The van der Waals surface area contributed by atoms with Crippen LogP contribution in [0.1, 0.15) is 107 Å². The van der Waals surface area contributed by atoms with Gasteiger partial charge in [0.25, 0.3) is 23.6 Å². The van der Waals surface area contributed by atoms with E-state index in [0.717, 1.165) is 52.2 Å². The quantitative estimate of drug-likeness (QED) is 0.0399. The third-order valence-electron chi connectivity index (χ3n) is 15.5. The van der Waals surface area contributed by atoms with Crippen molar-refractivity contribution >= 4 is 69.9 Å². The number of para-hydroxylation sites is 2. The maximum atomic E-state index is 14.2. The normalized spacial score (nSPS) is 17.3. The Kier molecular flexibility index (Phi) is 16.5. The first-order chi connectivity index (χ1) is 39.2. The number of ketones is 1. The lowest BCUT2D eigenvalue weighted by molar-refractivity contribution is -0.137. The molecule has 7 amide bonds. The zero-order valence-corrected chi connectivity index (χ0v) is 45.8. The van der Waals surface area contributed by atoms with Gasteiger partial charge >= 0.3 is 0 Å². The molecule has 19 nitrogen and oxygen atoms in total. The predicted octanol–water partition coefficient (Wildman–Crippen LogP) is 7.16. The first-order valence-electron chi connectivity index (χ1n) is 27.5. The number of anilines is 4. The van der Waals surface area contributed by atoms with Crippen LogP contribution in [-0.4, -0.2) is 104 Å². The molecule has 0 aliphatic carbocycles. The summed E-state index contributed by atoms with van der Waals surface area (Å²) in [6.07, 6.45) is 7.08. The van der Waals surface area contributed by atoms with Gasteiger partial charge in [-0.15, -0.1) is 0 Å². The summed E-state index contributed by atoms with van der Waals surface area (Å²) < 4.78 is 24.6. The second kappa shape index (κ2) is 24.2. The second-order valence-electron chi connectivity index (χ2n) is 21.1. The van der Waals surface area contributed by atoms with Crippen LogP contribution in [0.5, 0.6) is 23.0 Å². The lowest BCUT2D eigenvalue weighted by Gasteiger charge is -2.23. The van der Waals surface area contributed by atoms with Gasteiger partial charge in [0, 0.05) is 79.2 Å². The van der Waals surface area contributed by atoms with Crippen molar-refractivity contribution in [2.45, 2.75) is 115 Å². The highest BCUT2D eigenvalue weighted by Gasteiger charge is 2.39. The largest absolute Gasteiger partial charge is 0.493 e. The lowest BCUT2D eigenvalue weighted by atomic mass is 9.99. The molecule has 10 rings (SSSR count). The molecule has 0 bridgehead atoms. The van der Waals surface area contributed by atoms with Gasteiger partial charge < -0.3 is 50.0 Å². The predicted molar refractivity (Wildman–Crippen MR) is 302 cm³/mol. The Morgan fingerprint density at radius 2 is 1.19 bits per heavy atom. The number of aryl methyl sites for hydroxylation is 1. The fraction of sp³-hybridized carbons (Fsp3) is 0.355. The Morgan fingerprint density at radius 3 is 1.85 bits per heavy atom. The number of unbranched alkanes of at least 4 members (excludes halogenated alkanes) is 1. The van der Waals surface area contributed by atoms with E-state index in [-0.39, 0.29) is 80.5 Å². The fourth-order valence-corrected chi connectivity index (χ4v) is 11.3. The summed E-state index contributed by atoms with van der Waals surface area (Å²) in [5.74, 6) is -1.01. The Morgan fingerprint density at radius 1 is 0.617 bits per heavy atom. The number of nitrogens with one attached hydrogen (secondary N) is 4. The average molecular weight is 1100 g/mol. The van der Waals surface area contributed by atoms with Gasteiger partial charge in [-0.05, 0) is 135 Å². The number of ether oxygens (including phenoxy) is 4. The van der Waals surface area contributed by atoms with Crippen molar-refractivity contribution in [3.05, 3.63) is 142 Å². The number of imide groups is 1. The molecule has 5 aromatic carbocycles. The van der Waals surface area contributed by atoms with Gasteiger partial charge in [-0.1, -0.05) is 36.4 Å². The van der Waals surface area contributed by atoms with E-state index in [9.17, 15) is 38.4 Å². The highest BCUT2D eigenvalue weighted by molar-refractivity contribution is 6.13. The van der Waals surface area contributed by atoms with E-state index < -0.39 is 29.8 Å². The van der Waals surface area contributed by atoms with Gasteiger partial charge in [-0.2, -0.15) is 0 Å². The average Bonchev–Trinajstić information content (AvgIpc) is 4.22. The van der Waals surface area contributed by atoms with Gasteiger partial charge in [-0.3, -0.25) is 43.3 Å². The van der Waals surface area contributed by atoms with E-state index in [4.69, 9.17) is 18.9 Å². The van der Waals surface area contributed by atoms with Crippen LogP contribution in [0.4, 0.5) is 22.7 Å². The first kappa shape index (κ1) is 55.3. The maximum Gasteiger partial charge on any atom is 0.260 e. The van der Waals surface area contributed by atoms with E-state index in [2.05, 4.69) is 27.3 Å². The number of rotatable bonds is 22. The van der Waals surface area contributed by atoms with Crippen molar-refractivity contribution in [3.63, 3.8) is 0 Å². The van der Waals surface area contributed by atoms with Crippen LogP contribution in [0.15, 0.2) is 103 Å². The number of benzene rings is 5. The molecule has 0 saturated carbocycles. The number of Topliss-reactive ketones (excluding diaryl/α,β-unsaturated/α-hetero) is 1. The zero-order chi connectivity index (χ0) is 56.9. The number of fused-ring (bicyclic) bond motifs is 8. The summed E-state index contributed by atoms with van der Waals surface area (Å²) in [7, 11) is 3.04. The van der Waals surface area contributed by atoms with E-state index in [1.807, 2.05) is 64.4 Å². The molecule has 5 aromatic rings. The van der Waals surface area contributed by atoms with Crippen molar-refractivity contribution in [2.24, 2.45) is 0 Å². The number of carbonyl (C=O) groups is 8. The van der Waals surface area contributed by atoms with Gasteiger partial charge in [0.15, 0.2) is 23.0 Å². The molecule has 0 aromatic heterocycles. The van der Waals surface area contributed by atoms with Crippen molar-refractivity contribution < 1.29 is 57.3 Å². The summed E-state index contributed by atoms with van der Waals surface area (Å²) in [6.45, 7) is 3.74. The Labute approximate surface area is 469 Å². The number of hydrogen-bond donors (Lipinski definition) is 4. The Hall–Kier alpha value is -9.00. The van der Waals surface area contributed by atoms with E-state index in [0.29, 0.717) is 88.9 Å². The van der Waals surface area contributed by atoms with Crippen LogP contribution in [0.3, 0.4) is 0 Å². The van der Waals surface area contributed by atoms with Gasteiger partial charge in [0.05, 0.1) is 31.5 Å². The molecule has 19 heteroatoms. The highest BCUT2D eigenvalue weighted by atomic mass is 16.5. The minimum Gasteiger partial charge on any atom is -0.493 e. The molecular weight excluding hydrogens is 1030 g/mol. The highest BCUT2D eigenvalue weighted by Crippen LogP contribution is 2.43. The molecule has 81 heavy (non-hydrogen) atoms. The third-order valence-corrected chi connectivity index (χ3v) is 15.5. The third kappa shape index (κ3) is 12.1. The first-order valence-corrected chi connectivity index (χ1v) is 27.5. The second-order valence-corrected chi connectivity index (χ2v) is 21.1. The van der Waals surface area contributed by atoms with Crippen molar-refractivity contribution in [2.75, 3.05) is 47.7 Å².